The molecule has 0 aliphatic carbocycles. The van der Waals surface area contributed by atoms with E-state index in [9.17, 15) is 14.4 Å². The quantitative estimate of drug-likeness (QED) is 0.455. The third kappa shape index (κ3) is 4.10. The molecule has 0 radical (unpaired) electrons. The van der Waals surface area contributed by atoms with Gasteiger partial charge in [0.1, 0.15) is 0 Å². The van der Waals surface area contributed by atoms with Crippen molar-refractivity contribution >= 4 is 33.3 Å². The number of rotatable bonds is 6. The van der Waals surface area contributed by atoms with Crippen molar-refractivity contribution in [2.75, 3.05) is 0 Å². The molecule has 0 aliphatic rings. The molecule has 0 fully saturated rings. The SMILES string of the molecule is CCC(=O)C(=O)CC(=O)c1ccc(Br)cc1C(C)C. The number of hydrogen-bond donors (Lipinski definition) is 0. The first-order valence-corrected chi connectivity index (χ1v) is 7.04. The zero-order chi connectivity index (χ0) is 14.6. The first kappa shape index (κ1) is 15.8. The van der Waals surface area contributed by atoms with E-state index in [0.29, 0.717) is 5.56 Å². The number of carbonyl (C=O) groups excluding carboxylic acids is 3. The Morgan fingerprint density at radius 3 is 2.32 bits per heavy atom. The Kier molecular flexibility index (Phi) is 5.60. The van der Waals surface area contributed by atoms with Crippen molar-refractivity contribution in [3.63, 3.8) is 0 Å². The van der Waals surface area contributed by atoms with E-state index >= 15 is 0 Å². The van der Waals surface area contributed by atoms with E-state index in [0.717, 1.165) is 10.0 Å². The average molecular weight is 325 g/mol. The van der Waals surface area contributed by atoms with Crippen LogP contribution in [0.3, 0.4) is 0 Å². The summed E-state index contributed by atoms with van der Waals surface area (Å²) in [4.78, 5) is 34.9. The highest BCUT2D eigenvalue weighted by atomic mass is 79.9. The molecule has 1 aromatic carbocycles. The van der Waals surface area contributed by atoms with Crippen LogP contribution in [0, 0.1) is 0 Å². The van der Waals surface area contributed by atoms with E-state index in [4.69, 9.17) is 0 Å². The maximum absolute atomic E-state index is 12.1. The van der Waals surface area contributed by atoms with Crippen molar-refractivity contribution < 1.29 is 14.4 Å². The molecule has 0 aliphatic heterocycles. The number of Topliss-reactive ketones (excluding diaryl/α,β-unsaturated/α-hetero) is 3. The Hall–Kier alpha value is -1.29. The third-order valence-corrected chi connectivity index (χ3v) is 3.38. The Labute approximate surface area is 121 Å². The summed E-state index contributed by atoms with van der Waals surface area (Å²) in [5.41, 5.74) is 1.41. The van der Waals surface area contributed by atoms with Gasteiger partial charge < -0.3 is 0 Å². The van der Waals surface area contributed by atoms with Crippen LogP contribution in [0.25, 0.3) is 0 Å². The van der Waals surface area contributed by atoms with E-state index in [-0.39, 0.29) is 24.5 Å². The Morgan fingerprint density at radius 1 is 1.16 bits per heavy atom. The highest BCUT2D eigenvalue weighted by Gasteiger charge is 2.20. The summed E-state index contributed by atoms with van der Waals surface area (Å²) in [5.74, 6) is -1.21. The van der Waals surface area contributed by atoms with Crippen molar-refractivity contribution in [2.45, 2.75) is 39.5 Å². The summed E-state index contributed by atoms with van der Waals surface area (Å²) in [6.07, 6.45) is -0.197. The van der Waals surface area contributed by atoms with Gasteiger partial charge in [-0.3, -0.25) is 14.4 Å². The summed E-state index contributed by atoms with van der Waals surface area (Å²) in [6.45, 7) is 5.58. The van der Waals surface area contributed by atoms with Crippen LogP contribution in [0.1, 0.15) is 55.5 Å². The lowest BCUT2D eigenvalue weighted by Gasteiger charge is -2.12. The molecule has 0 aromatic heterocycles. The van der Waals surface area contributed by atoms with Gasteiger partial charge in [0.05, 0.1) is 6.42 Å². The molecule has 0 heterocycles. The summed E-state index contributed by atoms with van der Waals surface area (Å²) in [6, 6.07) is 5.35. The van der Waals surface area contributed by atoms with E-state index in [1.807, 2.05) is 19.9 Å². The molecule has 0 bridgehead atoms. The normalized spacial score (nSPS) is 10.6. The van der Waals surface area contributed by atoms with Gasteiger partial charge in [0.25, 0.3) is 0 Å². The monoisotopic (exact) mass is 324 g/mol. The van der Waals surface area contributed by atoms with Gasteiger partial charge in [0.2, 0.25) is 5.78 Å². The number of halogens is 1. The third-order valence-electron chi connectivity index (χ3n) is 2.89. The van der Waals surface area contributed by atoms with E-state index in [1.54, 1.807) is 19.1 Å². The fraction of sp³-hybridized carbons (Fsp3) is 0.400. The summed E-state index contributed by atoms with van der Waals surface area (Å²) in [7, 11) is 0. The smallest absolute Gasteiger partial charge is 0.206 e. The maximum Gasteiger partial charge on any atom is 0.206 e. The lowest BCUT2D eigenvalue weighted by Crippen LogP contribution is -2.18. The van der Waals surface area contributed by atoms with Crippen LogP contribution in [0.4, 0.5) is 0 Å². The molecule has 0 saturated carbocycles. The number of ketones is 3. The lowest BCUT2D eigenvalue weighted by atomic mass is 9.92. The molecule has 0 saturated heterocycles. The molecule has 0 spiro atoms. The van der Waals surface area contributed by atoms with Crippen LogP contribution in [-0.2, 0) is 9.59 Å². The first-order chi connectivity index (χ1) is 8.86. The molecule has 0 N–H and O–H groups in total. The Bertz CT molecular complexity index is 518. The van der Waals surface area contributed by atoms with Crippen LogP contribution in [0.15, 0.2) is 22.7 Å². The summed E-state index contributed by atoms with van der Waals surface area (Å²) in [5, 5.41) is 0. The summed E-state index contributed by atoms with van der Waals surface area (Å²) >= 11 is 3.37. The van der Waals surface area contributed by atoms with Crippen molar-refractivity contribution in [1.29, 1.82) is 0 Å². The van der Waals surface area contributed by atoms with Gasteiger partial charge in [-0.05, 0) is 29.7 Å². The van der Waals surface area contributed by atoms with Crippen molar-refractivity contribution in [1.82, 2.24) is 0 Å². The molecule has 1 rings (SSSR count). The predicted molar refractivity (Wildman–Crippen MR) is 77.5 cm³/mol. The topological polar surface area (TPSA) is 51.2 Å². The van der Waals surface area contributed by atoms with Crippen molar-refractivity contribution in [3.05, 3.63) is 33.8 Å². The van der Waals surface area contributed by atoms with Crippen LogP contribution < -0.4 is 0 Å². The number of benzene rings is 1. The van der Waals surface area contributed by atoms with Crippen LogP contribution >= 0.6 is 15.9 Å². The van der Waals surface area contributed by atoms with E-state index in [2.05, 4.69) is 15.9 Å². The zero-order valence-corrected chi connectivity index (χ0v) is 12.9. The van der Waals surface area contributed by atoms with Crippen LogP contribution in [0.2, 0.25) is 0 Å². The molecule has 102 valence electrons. The molecule has 0 unspecified atom stereocenters. The minimum Gasteiger partial charge on any atom is -0.294 e. The van der Waals surface area contributed by atoms with Crippen molar-refractivity contribution in [2.24, 2.45) is 0 Å². The second kappa shape index (κ2) is 6.75. The predicted octanol–water partition coefficient (Wildman–Crippen LogP) is 3.69. The molecule has 3 nitrogen and oxygen atoms in total. The van der Waals surface area contributed by atoms with Gasteiger partial charge in [-0.2, -0.15) is 0 Å². The molecular weight excluding hydrogens is 308 g/mol. The van der Waals surface area contributed by atoms with Gasteiger partial charge in [-0.1, -0.05) is 36.7 Å². The van der Waals surface area contributed by atoms with Gasteiger partial charge in [0, 0.05) is 16.5 Å². The minimum absolute atomic E-state index is 0.142. The lowest BCUT2D eigenvalue weighted by molar-refractivity contribution is -0.135. The molecular formula is C15H17BrO3. The molecule has 19 heavy (non-hydrogen) atoms. The Morgan fingerprint density at radius 2 is 1.79 bits per heavy atom. The summed E-state index contributed by atoms with van der Waals surface area (Å²) < 4.78 is 0.892. The zero-order valence-electron chi connectivity index (χ0n) is 11.3. The van der Waals surface area contributed by atoms with Gasteiger partial charge in [-0.15, -0.1) is 0 Å². The molecule has 0 amide bonds. The number of hydrogen-bond acceptors (Lipinski definition) is 3. The van der Waals surface area contributed by atoms with Gasteiger partial charge in [-0.25, -0.2) is 0 Å². The fourth-order valence-corrected chi connectivity index (χ4v) is 2.18. The van der Waals surface area contributed by atoms with Gasteiger partial charge in [0.15, 0.2) is 11.6 Å². The minimum atomic E-state index is -0.606. The van der Waals surface area contributed by atoms with Crippen LogP contribution in [-0.4, -0.2) is 17.3 Å². The maximum atomic E-state index is 12.1. The highest BCUT2D eigenvalue weighted by Crippen LogP contribution is 2.25. The largest absolute Gasteiger partial charge is 0.294 e. The molecule has 1 aromatic rings. The average Bonchev–Trinajstić information content (AvgIpc) is 2.37. The molecule has 0 atom stereocenters. The van der Waals surface area contributed by atoms with Crippen molar-refractivity contribution in [3.8, 4) is 0 Å². The second-order valence-corrected chi connectivity index (χ2v) is 5.60. The second-order valence-electron chi connectivity index (χ2n) is 4.69. The van der Waals surface area contributed by atoms with Crippen LogP contribution in [0.5, 0.6) is 0 Å². The fourth-order valence-electron chi connectivity index (χ4n) is 1.80. The standard InChI is InChI=1S/C15H17BrO3/c1-4-13(17)15(19)8-14(18)11-6-5-10(16)7-12(11)9(2)3/h5-7,9H,4,8H2,1-3H3. The highest BCUT2D eigenvalue weighted by molar-refractivity contribution is 9.10. The van der Waals surface area contributed by atoms with Gasteiger partial charge >= 0.3 is 0 Å². The Balaban J connectivity index is 3.00. The van der Waals surface area contributed by atoms with E-state index < -0.39 is 11.6 Å². The first-order valence-electron chi connectivity index (χ1n) is 6.25. The number of carbonyl (C=O) groups is 3. The molecule has 4 heteroatoms. The van der Waals surface area contributed by atoms with E-state index in [1.165, 1.54) is 0 Å².